The first kappa shape index (κ1) is 11.2. The third-order valence-electron chi connectivity index (χ3n) is 2.50. The average Bonchev–Trinajstić information content (AvgIpc) is 2.63. The van der Waals surface area contributed by atoms with Gasteiger partial charge in [0.1, 0.15) is 0 Å². The third-order valence-corrected chi connectivity index (χ3v) is 3.13. The molecule has 0 bridgehead atoms. The van der Waals surface area contributed by atoms with Gasteiger partial charge in [0.15, 0.2) is 5.69 Å². The van der Waals surface area contributed by atoms with Crippen molar-refractivity contribution in [2.45, 2.75) is 13.0 Å². The molecule has 2 aromatic rings. The minimum atomic E-state index is 0.192. The molecule has 16 heavy (non-hydrogen) atoms. The normalized spacial score (nSPS) is 10.6. The number of hydrogen-bond donors (Lipinski definition) is 1. The van der Waals surface area contributed by atoms with Crippen LogP contribution in [0.5, 0.6) is 0 Å². The fraction of sp³-hybridized carbons (Fsp3) is 0.250. The van der Waals surface area contributed by atoms with Crippen molar-refractivity contribution in [1.82, 2.24) is 4.57 Å². The summed E-state index contributed by atoms with van der Waals surface area (Å²) in [5.41, 5.74) is 1.74. The van der Waals surface area contributed by atoms with E-state index < -0.39 is 0 Å². The molecule has 1 aromatic heterocycles. The van der Waals surface area contributed by atoms with Gasteiger partial charge in [0, 0.05) is 34.7 Å². The molecule has 0 saturated carbocycles. The van der Waals surface area contributed by atoms with Crippen LogP contribution in [0.25, 0.3) is 15.7 Å². The van der Waals surface area contributed by atoms with Crippen molar-refractivity contribution in [3.8, 4) is 0 Å². The van der Waals surface area contributed by atoms with Crippen LogP contribution in [0.3, 0.4) is 0 Å². The lowest BCUT2D eigenvalue weighted by molar-refractivity contribution is 0.280. The molecule has 0 atom stereocenters. The topological polar surface area (TPSA) is 29.5 Å². The second-order valence-electron chi connectivity index (χ2n) is 3.56. The van der Waals surface area contributed by atoms with Crippen molar-refractivity contribution in [2.75, 3.05) is 6.61 Å². The molecule has 0 radical (unpaired) electrons. The fourth-order valence-electron chi connectivity index (χ4n) is 1.74. The number of fused-ring (bicyclic) bond motifs is 1. The van der Waals surface area contributed by atoms with Crippen LogP contribution >= 0.6 is 15.9 Å². The van der Waals surface area contributed by atoms with Crippen LogP contribution in [0.2, 0.25) is 0 Å². The van der Waals surface area contributed by atoms with E-state index in [1.165, 1.54) is 0 Å². The zero-order valence-electron chi connectivity index (χ0n) is 8.65. The van der Waals surface area contributed by atoms with E-state index >= 15 is 0 Å². The van der Waals surface area contributed by atoms with E-state index in [0.717, 1.165) is 28.3 Å². The van der Waals surface area contributed by atoms with Crippen LogP contribution in [0.15, 0.2) is 28.9 Å². The molecule has 0 unspecified atom stereocenters. The zero-order valence-corrected chi connectivity index (χ0v) is 10.2. The van der Waals surface area contributed by atoms with E-state index in [1.807, 2.05) is 24.4 Å². The number of aliphatic hydroxyl groups excluding tert-OH is 1. The Morgan fingerprint density at radius 2 is 2.25 bits per heavy atom. The van der Waals surface area contributed by atoms with Gasteiger partial charge in [0.2, 0.25) is 0 Å². The van der Waals surface area contributed by atoms with Crippen LogP contribution in [-0.2, 0) is 6.54 Å². The molecule has 0 aliphatic heterocycles. The molecule has 0 saturated heterocycles. The number of aryl methyl sites for hydroxylation is 1. The first-order chi connectivity index (χ1) is 7.76. The fourth-order valence-corrected chi connectivity index (χ4v) is 2.30. The van der Waals surface area contributed by atoms with E-state index in [9.17, 15) is 0 Å². The van der Waals surface area contributed by atoms with Gasteiger partial charge in [-0.05, 0) is 34.5 Å². The van der Waals surface area contributed by atoms with Crippen molar-refractivity contribution in [1.29, 1.82) is 0 Å². The molecule has 82 valence electrons. The van der Waals surface area contributed by atoms with Gasteiger partial charge in [-0.1, -0.05) is 6.07 Å². The molecule has 0 spiro atoms. The quantitative estimate of drug-likeness (QED) is 0.858. The third kappa shape index (κ3) is 1.97. The second-order valence-corrected chi connectivity index (χ2v) is 4.42. The lowest BCUT2D eigenvalue weighted by atomic mass is 10.2. The van der Waals surface area contributed by atoms with Gasteiger partial charge in [0.05, 0.1) is 6.57 Å². The Bertz CT molecular complexity index is 554. The van der Waals surface area contributed by atoms with Crippen LogP contribution in [0.1, 0.15) is 6.42 Å². The molecule has 0 fully saturated rings. The summed E-state index contributed by atoms with van der Waals surface area (Å²) in [6, 6.07) is 5.64. The molecule has 0 aliphatic carbocycles. The monoisotopic (exact) mass is 278 g/mol. The highest BCUT2D eigenvalue weighted by Gasteiger charge is 2.06. The number of hydrogen-bond acceptors (Lipinski definition) is 1. The molecule has 4 heteroatoms. The Morgan fingerprint density at radius 3 is 2.94 bits per heavy atom. The highest BCUT2D eigenvalue weighted by Crippen LogP contribution is 2.29. The smallest absolute Gasteiger partial charge is 0.188 e. The van der Waals surface area contributed by atoms with Crippen LogP contribution in [-0.4, -0.2) is 16.3 Å². The summed E-state index contributed by atoms with van der Waals surface area (Å²) in [4.78, 5) is 3.41. The Kier molecular flexibility index (Phi) is 3.28. The van der Waals surface area contributed by atoms with Crippen molar-refractivity contribution < 1.29 is 5.11 Å². The van der Waals surface area contributed by atoms with Gasteiger partial charge >= 0.3 is 0 Å². The van der Waals surface area contributed by atoms with Crippen molar-refractivity contribution >= 4 is 32.5 Å². The molecule has 1 aromatic carbocycles. The Labute approximate surface area is 102 Å². The number of aliphatic hydroxyl groups is 1. The lowest BCUT2D eigenvalue weighted by Gasteiger charge is -2.03. The van der Waals surface area contributed by atoms with Crippen LogP contribution in [0.4, 0.5) is 5.69 Å². The maximum absolute atomic E-state index is 8.82. The van der Waals surface area contributed by atoms with Crippen molar-refractivity contribution in [3.05, 3.63) is 40.3 Å². The number of nitrogens with zero attached hydrogens (tertiary/aromatic N) is 2. The van der Waals surface area contributed by atoms with Gasteiger partial charge in [-0.15, -0.1) is 0 Å². The summed E-state index contributed by atoms with van der Waals surface area (Å²) in [5, 5.41) is 9.87. The predicted molar refractivity (Wildman–Crippen MR) is 67.6 cm³/mol. The standard InChI is InChI=1S/C12H11BrN2O/c1-14-9-3-4-12-10(7-9)11(13)8-15(12)5-2-6-16/h3-4,7-8,16H,2,5-6H2. The van der Waals surface area contributed by atoms with E-state index in [1.54, 1.807) is 0 Å². The molecule has 1 heterocycles. The minimum absolute atomic E-state index is 0.192. The molecular weight excluding hydrogens is 268 g/mol. The maximum Gasteiger partial charge on any atom is 0.188 e. The maximum atomic E-state index is 8.82. The lowest BCUT2D eigenvalue weighted by Crippen LogP contribution is -1.97. The van der Waals surface area contributed by atoms with Crippen LogP contribution in [0, 0.1) is 6.57 Å². The van der Waals surface area contributed by atoms with E-state index in [2.05, 4.69) is 25.3 Å². The van der Waals surface area contributed by atoms with E-state index in [4.69, 9.17) is 11.7 Å². The van der Waals surface area contributed by atoms with E-state index in [-0.39, 0.29) is 6.61 Å². The first-order valence-electron chi connectivity index (χ1n) is 5.03. The summed E-state index contributed by atoms with van der Waals surface area (Å²) in [7, 11) is 0. The van der Waals surface area contributed by atoms with Gasteiger partial charge < -0.3 is 9.67 Å². The van der Waals surface area contributed by atoms with E-state index in [0.29, 0.717) is 5.69 Å². The predicted octanol–water partition coefficient (Wildman–Crippen LogP) is 3.34. The van der Waals surface area contributed by atoms with Crippen molar-refractivity contribution in [3.63, 3.8) is 0 Å². The number of rotatable bonds is 3. The van der Waals surface area contributed by atoms with Gasteiger partial charge in [0.25, 0.3) is 0 Å². The Hall–Kier alpha value is -1.31. The van der Waals surface area contributed by atoms with Gasteiger partial charge in [-0.3, -0.25) is 0 Å². The largest absolute Gasteiger partial charge is 0.396 e. The molecule has 2 rings (SSSR count). The molecule has 0 aliphatic rings. The molecular formula is C12H11BrN2O. The highest BCUT2D eigenvalue weighted by atomic mass is 79.9. The van der Waals surface area contributed by atoms with Gasteiger partial charge in [-0.2, -0.15) is 0 Å². The number of aromatic nitrogens is 1. The SMILES string of the molecule is [C-]#[N+]c1ccc2c(c1)c(Br)cn2CCCO. The first-order valence-corrected chi connectivity index (χ1v) is 5.82. The molecule has 0 amide bonds. The Balaban J connectivity index is 2.50. The van der Waals surface area contributed by atoms with Gasteiger partial charge in [-0.25, -0.2) is 4.85 Å². The highest BCUT2D eigenvalue weighted by molar-refractivity contribution is 9.10. The summed E-state index contributed by atoms with van der Waals surface area (Å²) in [6.07, 6.45) is 2.73. The average molecular weight is 279 g/mol. The number of benzene rings is 1. The minimum Gasteiger partial charge on any atom is -0.396 e. The second kappa shape index (κ2) is 4.69. The summed E-state index contributed by atoms with van der Waals surface area (Å²) in [5.74, 6) is 0. The Morgan fingerprint density at radius 1 is 1.44 bits per heavy atom. The van der Waals surface area contributed by atoms with Crippen LogP contribution < -0.4 is 0 Å². The molecule has 1 N–H and O–H groups in total. The summed E-state index contributed by atoms with van der Waals surface area (Å²) >= 11 is 3.49. The van der Waals surface area contributed by atoms with Crippen molar-refractivity contribution in [2.24, 2.45) is 0 Å². The summed E-state index contributed by atoms with van der Waals surface area (Å²) in [6.45, 7) is 7.96. The zero-order chi connectivity index (χ0) is 11.5. The number of halogens is 1. The molecule has 3 nitrogen and oxygen atoms in total. The summed E-state index contributed by atoms with van der Waals surface area (Å²) < 4.78 is 3.08.